The van der Waals surface area contributed by atoms with Crippen LogP contribution in [0, 0.1) is 11.7 Å². The van der Waals surface area contributed by atoms with Gasteiger partial charge in [-0.15, -0.1) is 0 Å². The van der Waals surface area contributed by atoms with Crippen molar-refractivity contribution in [2.24, 2.45) is 10.9 Å². The van der Waals surface area contributed by atoms with Gasteiger partial charge in [-0.25, -0.2) is 14.4 Å². The van der Waals surface area contributed by atoms with Gasteiger partial charge >= 0.3 is 0 Å². The van der Waals surface area contributed by atoms with Gasteiger partial charge < -0.3 is 20.1 Å². The molecule has 0 atom stereocenters. The highest BCUT2D eigenvalue weighted by Crippen LogP contribution is 2.34. The molecule has 0 spiro atoms. The Morgan fingerprint density at radius 2 is 1.94 bits per heavy atom. The fraction of sp³-hybridized carbons (Fsp3) is 0.538. The van der Waals surface area contributed by atoms with Crippen LogP contribution in [-0.4, -0.2) is 56.8 Å². The van der Waals surface area contributed by atoms with Crippen LogP contribution in [0.25, 0.3) is 11.1 Å². The molecule has 0 radical (unpaired) electrons. The first-order chi connectivity index (χ1) is 16.6. The third-order valence-corrected chi connectivity index (χ3v) is 6.91. The number of aromatic nitrogens is 1. The summed E-state index contributed by atoms with van der Waals surface area (Å²) in [6.07, 6.45) is 7.58. The van der Waals surface area contributed by atoms with Crippen molar-refractivity contribution in [1.82, 2.24) is 10.3 Å². The molecule has 1 saturated carbocycles. The van der Waals surface area contributed by atoms with Crippen molar-refractivity contribution in [1.29, 1.82) is 0 Å². The second-order valence-corrected chi connectivity index (χ2v) is 9.46. The zero-order chi connectivity index (χ0) is 23.8. The normalized spacial score (nSPS) is 19.3. The van der Waals surface area contributed by atoms with E-state index >= 15 is 0 Å². The van der Waals surface area contributed by atoms with Gasteiger partial charge in [-0.3, -0.25) is 0 Å². The summed E-state index contributed by atoms with van der Waals surface area (Å²) in [5, 5.41) is 7.38. The van der Waals surface area contributed by atoms with Gasteiger partial charge in [-0.05, 0) is 68.7 Å². The summed E-state index contributed by atoms with van der Waals surface area (Å²) < 4.78 is 25.4. The summed E-state index contributed by atoms with van der Waals surface area (Å²) in [5.74, 6) is 0.825. The Balaban J connectivity index is 1.44. The third-order valence-electron chi connectivity index (χ3n) is 6.61. The van der Waals surface area contributed by atoms with Crippen LogP contribution in [-0.2, 0) is 9.47 Å². The molecule has 2 aromatic rings. The van der Waals surface area contributed by atoms with E-state index in [1.165, 1.54) is 6.07 Å². The lowest BCUT2D eigenvalue weighted by molar-refractivity contribution is 0.0699. The fourth-order valence-electron chi connectivity index (χ4n) is 4.54. The van der Waals surface area contributed by atoms with E-state index in [4.69, 9.17) is 26.1 Å². The first kappa shape index (κ1) is 25.0. The number of nitrogens with zero attached hydrogens (tertiary/aromatic N) is 2. The average molecular weight is 489 g/mol. The maximum atomic E-state index is 14.8. The number of nitrogens with one attached hydrogen (secondary N) is 2. The van der Waals surface area contributed by atoms with Crippen LogP contribution in [0.15, 0.2) is 35.5 Å². The molecule has 2 aliphatic rings. The molecular weight excluding hydrogens is 455 g/mol. The van der Waals surface area contributed by atoms with Gasteiger partial charge in [0.15, 0.2) is 5.82 Å². The number of pyridine rings is 1. The summed E-state index contributed by atoms with van der Waals surface area (Å²) in [4.78, 5) is 9.16. The Kier molecular flexibility index (Phi) is 9.27. The Hall–Kier alpha value is -2.06. The zero-order valence-electron chi connectivity index (χ0n) is 19.8. The molecule has 0 bridgehead atoms. The summed E-state index contributed by atoms with van der Waals surface area (Å²) in [5.41, 5.74) is 3.07. The first-order valence-electron chi connectivity index (χ1n) is 12.2. The van der Waals surface area contributed by atoms with Gasteiger partial charge in [0.1, 0.15) is 5.82 Å². The lowest BCUT2D eigenvalue weighted by Gasteiger charge is -2.24. The number of hydrogen-bond donors (Lipinski definition) is 2. The largest absolute Gasteiger partial charge is 0.385 e. The summed E-state index contributed by atoms with van der Waals surface area (Å²) in [7, 11) is 1.71. The predicted octanol–water partition coefficient (Wildman–Crippen LogP) is 5.63. The van der Waals surface area contributed by atoms with Crippen molar-refractivity contribution in [3.05, 3.63) is 41.3 Å². The average Bonchev–Trinajstić information content (AvgIpc) is 2.87. The number of rotatable bonds is 9. The number of anilines is 1. The Morgan fingerprint density at radius 3 is 2.71 bits per heavy atom. The lowest BCUT2D eigenvalue weighted by atomic mass is 9.93. The molecule has 6 nitrogen and oxygen atoms in total. The van der Waals surface area contributed by atoms with E-state index in [1.807, 2.05) is 6.07 Å². The smallest absolute Gasteiger partial charge is 0.152 e. The van der Waals surface area contributed by atoms with Gasteiger partial charge in [0, 0.05) is 68.2 Å². The first-order valence-corrected chi connectivity index (χ1v) is 12.6. The molecule has 1 aromatic heterocycles. The van der Waals surface area contributed by atoms with Crippen molar-refractivity contribution in [3.8, 4) is 11.1 Å². The van der Waals surface area contributed by atoms with Gasteiger partial charge in [-0.2, -0.15) is 0 Å². The van der Waals surface area contributed by atoms with Crippen LogP contribution in [0.3, 0.4) is 0 Å². The molecule has 2 heterocycles. The Labute approximate surface area is 206 Å². The third kappa shape index (κ3) is 6.98. The van der Waals surface area contributed by atoms with E-state index in [-0.39, 0.29) is 5.82 Å². The molecule has 1 aliphatic heterocycles. The molecule has 1 saturated heterocycles. The molecule has 8 heteroatoms. The zero-order valence-corrected chi connectivity index (χ0v) is 20.5. The molecule has 184 valence electrons. The summed E-state index contributed by atoms with van der Waals surface area (Å²) >= 11 is 6.45. The summed E-state index contributed by atoms with van der Waals surface area (Å²) in [6, 6.07) is 7.37. The minimum Gasteiger partial charge on any atom is -0.385 e. The number of methoxy groups -OCH3 is 1. The Morgan fingerprint density at radius 1 is 1.15 bits per heavy atom. The van der Waals surface area contributed by atoms with Crippen molar-refractivity contribution in [2.75, 3.05) is 45.3 Å². The number of benzene rings is 1. The number of ether oxygens (including phenoxy) is 2. The highest BCUT2D eigenvalue weighted by molar-refractivity contribution is 6.33. The number of hydrogen-bond acceptors (Lipinski definition) is 6. The van der Waals surface area contributed by atoms with Crippen LogP contribution in [0.1, 0.15) is 38.5 Å². The summed E-state index contributed by atoms with van der Waals surface area (Å²) in [6.45, 7) is 4.05. The highest BCUT2D eigenvalue weighted by atomic mass is 35.5. The standard InChI is InChI=1S/C26H34ClFN4O2/c1-33-13-10-29-19-2-4-20(5-3-19)32-26-15-22(24(27)17-31-26)23-14-21(6-7-25(23)28)30-16-18-8-11-34-12-9-18/h6-7,14-15,17-19,29-30H,2-5,8-13,16H2,1H3. The van der Waals surface area contributed by atoms with Crippen molar-refractivity contribution < 1.29 is 13.9 Å². The molecule has 1 aromatic carbocycles. The van der Waals surface area contributed by atoms with E-state index in [0.29, 0.717) is 33.9 Å². The quantitative estimate of drug-likeness (QED) is 0.448. The highest BCUT2D eigenvalue weighted by Gasteiger charge is 2.18. The Bertz CT molecular complexity index is 971. The predicted molar refractivity (Wildman–Crippen MR) is 136 cm³/mol. The number of halogens is 2. The van der Waals surface area contributed by atoms with E-state index in [9.17, 15) is 4.39 Å². The topological polar surface area (TPSA) is 67.8 Å². The van der Waals surface area contributed by atoms with Crippen molar-refractivity contribution in [3.63, 3.8) is 0 Å². The monoisotopic (exact) mass is 488 g/mol. The van der Waals surface area contributed by atoms with Crippen LogP contribution >= 0.6 is 11.6 Å². The van der Waals surface area contributed by atoms with Gasteiger partial charge in [0.2, 0.25) is 0 Å². The minimum absolute atomic E-state index is 0.314. The molecule has 1 aliphatic carbocycles. The van der Waals surface area contributed by atoms with E-state index in [1.54, 1.807) is 25.4 Å². The molecule has 34 heavy (non-hydrogen) atoms. The maximum Gasteiger partial charge on any atom is 0.152 e. The van der Waals surface area contributed by atoms with Crippen molar-refractivity contribution >= 4 is 28.8 Å². The molecule has 0 unspecified atom stereocenters. The van der Waals surface area contributed by atoms with Crippen LogP contribution in [0.5, 0.6) is 0 Å². The fourth-order valence-corrected chi connectivity index (χ4v) is 4.75. The lowest BCUT2D eigenvalue weighted by Crippen LogP contribution is -2.35. The van der Waals surface area contributed by atoms with E-state index < -0.39 is 0 Å². The minimum atomic E-state index is -0.314. The van der Waals surface area contributed by atoms with Gasteiger partial charge in [0.05, 0.1) is 11.6 Å². The second-order valence-electron chi connectivity index (χ2n) is 9.05. The van der Waals surface area contributed by atoms with Gasteiger partial charge in [0.25, 0.3) is 0 Å². The van der Waals surface area contributed by atoms with E-state index in [2.05, 4.69) is 15.6 Å². The number of aliphatic imine (C=N–C) groups is 1. The van der Waals surface area contributed by atoms with Crippen LogP contribution in [0.2, 0.25) is 5.02 Å². The molecule has 4 rings (SSSR count). The molecular formula is C26H34ClFN4O2. The molecule has 2 fully saturated rings. The second kappa shape index (κ2) is 12.6. The maximum absolute atomic E-state index is 14.8. The van der Waals surface area contributed by atoms with Gasteiger partial charge in [-0.1, -0.05) is 11.6 Å². The van der Waals surface area contributed by atoms with Crippen molar-refractivity contribution in [2.45, 2.75) is 44.6 Å². The molecule has 2 N–H and O–H groups in total. The SMILES string of the molecule is COCCNC1CCC(=Nc2cc(-c3cc(NCC4CCOCC4)ccc3F)c(Cl)cn2)CC1. The van der Waals surface area contributed by atoms with Crippen LogP contribution in [0.4, 0.5) is 15.9 Å². The van der Waals surface area contributed by atoms with E-state index in [0.717, 1.165) is 82.8 Å². The molecule has 0 amide bonds. The van der Waals surface area contributed by atoms with Crippen LogP contribution < -0.4 is 10.6 Å².